The molecule has 116 valence electrons. The van der Waals surface area contributed by atoms with E-state index in [1.807, 2.05) is 6.92 Å². The van der Waals surface area contributed by atoms with Gasteiger partial charge >= 0.3 is 0 Å². The third kappa shape index (κ3) is 3.51. The largest absolute Gasteiger partial charge is 0.324 e. The first-order valence-electron chi connectivity index (χ1n) is 7.83. The van der Waals surface area contributed by atoms with E-state index in [-0.39, 0.29) is 18.1 Å². The first-order valence-corrected chi connectivity index (χ1v) is 7.83. The molecule has 0 bridgehead atoms. The van der Waals surface area contributed by atoms with Gasteiger partial charge in [0, 0.05) is 32.2 Å². The zero-order chi connectivity index (χ0) is 14.9. The number of piperazine rings is 1. The smallest absolute Gasteiger partial charge is 0.240 e. The highest BCUT2D eigenvalue weighted by Gasteiger charge is 2.38. The van der Waals surface area contributed by atoms with Gasteiger partial charge in [-0.25, -0.2) is 0 Å². The number of nitrogens with one attached hydrogen (secondary N) is 1. The van der Waals surface area contributed by atoms with E-state index in [2.05, 4.69) is 48.0 Å². The van der Waals surface area contributed by atoms with Crippen molar-refractivity contribution in [3.05, 3.63) is 0 Å². The van der Waals surface area contributed by atoms with Crippen LogP contribution in [0.25, 0.3) is 0 Å². The number of amides is 1. The molecule has 2 saturated heterocycles. The molecule has 0 aromatic heterocycles. The van der Waals surface area contributed by atoms with Crippen LogP contribution < -0.4 is 5.32 Å². The van der Waals surface area contributed by atoms with Crippen LogP contribution in [0.15, 0.2) is 0 Å². The number of nitrogens with zero attached hydrogens (tertiary/aromatic N) is 3. The quantitative estimate of drug-likeness (QED) is 0.811. The Morgan fingerprint density at radius 2 is 2.00 bits per heavy atom. The van der Waals surface area contributed by atoms with Crippen molar-refractivity contribution >= 4 is 5.91 Å². The number of likely N-dealkylation sites (N-methyl/N-ethyl adjacent to an activating group) is 2. The number of hydrogen-bond acceptors (Lipinski definition) is 4. The number of carbonyl (C=O) groups excluding carboxylic acids is 1. The van der Waals surface area contributed by atoms with Crippen molar-refractivity contribution in [3.63, 3.8) is 0 Å². The fraction of sp³-hybridized carbons (Fsp3) is 0.933. The van der Waals surface area contributed by atoms with Gasteiger partial charge in [0.25, 0.3) is 0 Å². The van der Waals surface area contributed by atoms with Gasteiger partial charge in [0.1, 0.15) is 0 Å². The minimum Gasteiger partial charge on any atom is -0.324 e. The number of hydrogen-bond donors (Lipinski definition) is 1. The van der Waals surface area contributed by atoms with Crippen LogP contribution in [-0.2, 0) is 4.79 Å². The van der Waals surface area contributed by atoms with E-state index >= 15 is 0 Å². The summed E-state index contributed by atoms with van der Waals surface area (Å²) in [4.78, 5) is 19.2. The number of carbonyl (C=O) groups is 1. The summed E-state index contributed by atoms with van der Waals surface area (Å²) in [7, 11) is 4.34. The van der Waals surface area contributed by atoms with Crippen LogP contribution in [0.3, 0.4) is 0 Å². The minimum atomic E-state index is -0.0367. The highest BCUT2D eigenvalue weighted by atomic mass is 16.2. The van der Waals surface area contributed by atoms with Crippen molar-refractivity contribution in [3.8, 4) is 0 Å². The molecule has 0 aromatic carbocycles. The monoisotopic (exact) mass is 282 g/mol. The molecule has 3 unspecified atom stereocenters. The van der Waals surface area contributed by atoms with Crippen molar-refractivity contribution in [1.82, 2.24) is 20.0 Å². The van der Waals surface area contributed by atoms with Crippen LogP contribution >= 0.6 is 0 Å². The van der Waals surface area contributed by atoms with Gasteiger partial charge in [-0.1, -0.05) is 13.8 Å². The molecule has 2 aliphatic heterocycles. The predicted octanol–water partition coefficient (Wildman–Crippen LogP) is 0.425. The summed E-state index contributed by atoms with van der Waals surface area (Å²) in [6.07, 6.45) is 1.24. The summed E-state index contributed by atoms with van der Waals surface area (Å²) in [6, 6.07) is 0.407. The van der Waals surface area contributed by atoms with Gasteiger partial charge in [-0.3, -0.25) is 15.0 Å². The summed E-state index contributed by atoms with van der Waals surface area (Å²) in [5.74, 6) is 0.858. The van der Waals surface area contributed by atoms with Crippen LogP contribution in [0, 0.1) is 5.92 Å². The zero-order valence-corrected chi connectivity index (χ0v) is 13.6. The molecule has 0 radical (unpaired) electrons. The van der Waals surface area contributed by atoms with Gasteiger partial charge in [0.2, 0.25) is 5.91 Å². The van der Waals surface area contributed by atoms with Gasteiger partial charge in [-0.2, -0.15) is 0 Å². The third-order valence-electron chi connectivity index (χ3n) is 4.55. The van der Waals surface area contributed by atoms with Gasteiger partial charge < -0.3 is 9.80 Å². The van der Waals surface area contributed by atoms with Gasteiger partial charge in [-0.05, 0) is 33.4 Å². The Bertz CT molecular complexity index is 347. The van der Waals surface area contributed by atoms with Crippen molar-refractivity contribution in [2.45, 2.75) is 45.4 Å². The molecule has 0 spiro atoms. The molecule has 1 N–H and O–H groups in total. The van der Waals surface area contributed by atoms with Crippen LogP contribution in [-0.4, -0.2) is 79.1 Å². The Morgan fingerprint density at radius 1 is 1.30 bits per heavy atom. The summed E-state index contributed by atoms with van der Waals surface area (Å²) < 4.78 is 0. The minimum absolute atomic E-state index is 0.0367. The lowest BCUT2D eigenvalue weighted by Crippen LogP contribution is -2.56. The Balaban J connectivity index is 2.02. The molecule has 5 nitrogen and oxygen atoms in total. The van der Waals surface area contributed by atoms with E-state index < -0.39 is 0 Å². The SMILES string of the molecule is CC(C)CC1NC(C)C(=O)N1CC1CN(C)CCN1C. The van der Waals surface area contributed by atoms with E-state index in [1.54, 1.807) is 0 Å². The fourth-order valence-electron chi connectivity index (χ4n) is 3.24. The Labute approximate surface area is 123 Å². The molecule has 2 fully saturated rings. The lowest BCUT2D eigenvalue weighted by atomic mass is 10.1. The molecule has 0 aromatic rings. The third-order valence-corrected chi connectivity index (χ3v) is 4.55. The molecule has 2 rings (SSSR count). The van der Waals surface area contributed by atoms with E-state index in [4.69, 9.17) is 0 Å². The first-order chi connectivity index (χ1) is 9.38. The van der Waals surface area contributed by atoms with Crippen molar-refractivity contribution in [2.75, 3.05) is 40.3 Å². The number of rotatable bonds is 4. The highest BCUT2D eigenvalue weighted by molar-refractivity contribution is 5.83. The van der Waals surface area contributed by atoms with Crippen LogP contribution in [0.4, 0.5) is 0 Å². The van der Waals surface area contributed by atoms with E-state index in [9.17, 15) is 4.79 Å². The maximum absolute atomic E-state index is 12.4. The fourth-order valence-corrected chi connectivity index (χ4v) is 3.24. The summed E-state index contributed by atoms with van der Waals surface area (Å²) in [6.45, 7) is 10.5. The van der Waals surface area contributed by atoms with Crippen molar-refractivity contribution < 1.29 is 4.79 Å². The normalized spacial score (nSPS) is 33.4. The molecule has 5 heteroatoms. The molecule has 2 aliphatic rings. The Kier molecular flexibility index (Phi) is 5.04. The highest BCUT2D eigenvalue weighted by Crippen LogP contribution is 2.19. The van der Waals surface area contributed by atoms with Gasteiger partial charge in [0.15, 0.2) is 0 Å². The van der Waals surface area contributed by atoms with Gasteiger partial charge in [0.05, 0.1) is 12.2 Å². The van der Waals surface area contributed by atoms with E-state index in [0.29, 0.717) is 12.0 Å². The summed E-state index contributed by atoms with van der Waals surface area (Å²) in [5, 5.41) is 3.44. The van der Waals surface area contributed by atoms with Crippen LogP contribution in [0.5, 0.6) is 0 Å². The second-order valence-electron chi connectivity index (χ2n) is 6.92. The predicted molar refractivity (Wildman–Crippen MR) is 81.5 cm³/mol. The molecule has 0 saturated carbocycles. The van der Waals surface area contributed by atoms with Crippen molar-refractivity contribution in [2.24, 2.45) is 5.92 Å². The summed E-state index contributed by atoms with van der Waals surface area (Å²) >= 11 is 0. The van der Waals surface area contributed by atoms with E-state index in [0.717, 1.165) is 32.6 Å². The molecule has 1 amide bonds. The maximum atomic E-state index is 12.4. The molecular formula is C15H30N4O. The molecule has 0 aliphatic carbocycles. The van der Waals surface area contributed by atoms with Crippen LogP contribution in [0.1, 0.15) is 27.2 Å². The summed E-state index contributed by atoms with van der Waals surface area (Å²) in [5.41, 5.74) is 0. The van der Waals surface area contributed by atoms with Crippen LogP contribution in [0.2, 0.25) is 0 Å². The Morgan fingerprint density at radius 3 is 2.65 bits per heavy atom. The van der Waals surface area contributed by atoms with Crippen molar-refractivity contribution in [1.29, 1.82) is 0 Å². The molecular weight excluding hydrogens is 252 g/mol. The second kappa shape index (κ2) is 6.41. The van der Waals surface area contributed by atoms with Gasteiger partial charge in [-0.15, -0.1) is 0 Å². The molecule has 2 heterocycles. The lowest BCUT2D eigenvalue weighted by Gasteiger charge is -2.40. The van der Waals surface area contributed by atoms with E-state index in [1.165, 1.54) is 0 Å². The average Bonchev–Trinajstić information content (AvgIpc) is 2.61. The first kappa shape index (κ1) is 15.7. The maximum Gasteiger partial charge on any atom is 0.240 e. The Hall–Kier alpha value is -0.650. The molecule has 3 atom stereocenters. The zero-order valence-electron chi connectivity index (χ0n) is 13.6. The molecule has 20 heavy (non-hydrogen) atoms. The topological polar surface area (TPSA) is 38.8 Å². The second-order valence-corrected chi connectivity index (χ2v) is 6.92. The standard InChI is InChI=1S/C15H30N4O/c1-11(2)8-14-16-12(3)15(20)19(14)10-13-9-17(4)6-7-18(13)5/h11-14,16H,6-10H2,1-5H3. The average molecular weight is 282 g/mol. The lowest BCUT2D eigenvalue weighted by molar-refractivity contribution is -0.131.